The van der Waals surface area contributed by atoms with Crippen LogP contribution in [-0.2, 0) is 11.2 Å². The molecule has 0 saturated carbocycles. The van der Waals surface area contributed by atoms with Gasteiger partial charge in [0.25, 0.3) is 0 Å². The lowest BCUT2D eigenvalue weighted by Gasteiger charge is -2.06. The molecule has 80 valence electrons. The molecule has 1 aromatic rings. The molecule has 0 aliphatic heterocycles. The normalized spacial score (nSPS) is 24.7. The zero-order chi connectivity index (χ0) is 10.8. The van der Waals surface area contributed by atoms with E-state index in [2.05, 4.69) is 15.9 Å². The summed E-state index contributed by atoms with van der Waals surface area (Å²) >= 11 is 5.00. The summed E-state index contributed by atoms with van der Waals surface area (Å²) < 4.78 is 1.07. The summed E-state index contributed by atoms with van der Waals surface area (Å²) in [6, 6.07) is 4.03. The van der Waals surface area contributed by atoms with Crippen LogP contribution in [0.2, 0.25) is 0 Å². The highest BCUT2D eigenvalue weighted by molar-refractivity contribution is 9.11. The highest BCUT2D eigenvalue weighted by atomic mass is 79.9. The van der Waals surface area contributed by atoms with E-state index in [-0.39, 0.29) is 17.7 Å². The van der Waals surface area contributed by atoms with Crippen molar-refractivity contribution in [3.05, 3.63) is 32.9 Å². The monoisotopic (exact) mass is 285 g/mol. The van der Waals surface area contributed by atoms with Gasteiger partial charge in [-0.3, -0.25) is 4.79 Å². The molecule has 0 saturated heterocycles. The van der Waals surface area contributed by atoms with E-state index >= 15 is 0 Å². The lowest BCUT2D eigenvalue weighted by Crippen LogP contribution is -2.19. The average Bonchev–Trinajstić information content (AvgIpc) is 2.75. The van der Waals surface area contributed by atoms with Crippen molar-refractivity contribution in [1.82, 2.24) is 0 Å². The number of hydrogen-bond donors (Lipinski definition) is 1. The predicted molar refractivity (Wildman–Crippen MR) is 66.0 cm³/mol. The maximum atomic E-state index is 11.9. The average molecular weight is 286 g/mol. The first-order valence-electron chi connectivity index (χ1n) is 4.86. The zero-order valence-corrected chi connectivity index (χ0v) is 10.6. The molecule has 0 aromatic carbocycles. The molecule has 0 amide bonds. The van der Waals surface area contributed by atoms with E-state index in [0.717, 1.165) is 15.1 Å². The quantitative estimate of drug-likeness (QED) is 0.868. The summed E-state index contributed by atoms with van der Waals surface area (Å²) in [5.41, 5.74) is 5.72. The number of allylic oxidation sites excluding steroid dienone is 1. The first kappa shape index (κ1) is 11.0. The van der Waals surface area contributed by atoms with Crippen LogP contribution >= 0.6 is 27.3 Å². The number of carbonyl (C=O) groups is 1. The van der Waals surface area contributed by atoms with Crippen molar-refractivity contribution in [2.45, 2.75) is 18.9 Å². The Kier molecular flexibility index (Phi) is 3.38. The number of hydrogen-bond acceptors (Lipinski definition) is 3. The van der Waals surface area contributed by atoms with Gasteiger partial charge >= 0.3 is 0 Å². The van der Waals surface area contributed by atoms with Crippen molar-refractivity contribution in [2.75, 3.05) is 0 Å². The Hall–Kier alpha value is -0.450. The maximum Gasteiger partial charge on any atom is 0.144 e. The largest absolute Gasteiger partial charge is 0.324 e. The fourth-order valence-corrected chi connectivity index (χ4v) is 3.21. The number of Topliss-reactive ketones (excluding diaryl/α,β-unsaturated/α-hetero) is 1. The molecule has 1 aliphatic carbocycles. The van der Waals surface area contributed by atoms with E-state index < -0.39 is 0 Å². The smallest absolute Gasteiger partial charge is 0.144 e. The zero-order valence-electron chi connectivity index (χ0n) is 8.15. The number of thiophene rings is 1. The number of halogens is 1. The third kappa shape index (κ3) is 2.77. The van der Waals surface area contributed by atoms with Gasteiger partial charge in [-0.1, -0.05) is 12.2 Å². The van der Waals surface area contributed by atoms with Gasteiger partial charge in [-0.15, -0.1) is 11.3 Å². The molecular formula is C11H12BrNOS. The van der Waals surface area contributed by atoms with Crippen molar-refractivity contribution >= 4 is 33.0 Å². The number of nitrogens with two attached hydrogens (primary N) is 1. The molecule has 0 bridgehead atoms. The van der Waals surface area contributed by atoms with E-state index in [9.17, 15) is 4.79 Å². The molecule has 1 heterocycles. The summed E-state index contributed by atoms with van der Waals surface area (Å²) in [6.07, 6.45) is 5.16. The molecule has 0 spiro atoms. The first-order chi connectivity index (χ1) is 7.15. The van der Waals surface area contributed by atoms with E-state index in [1.807, 2.05) is 24.3 Å². The highest BCUT2D eigenvalue weighted by Crippen LogP contribution is 2.25. The van der Waals surface area contributed by atoms with Crippen LogP contribution in [-0.4, -0.2) is 11.8 Å². The van der Waals surface area contributed by atoms with E-state index in [1.165, 1.54) is 0 Å². The fraction of sp³-hybridized carbons (Fsp3) is 0.364. The second-order valence-corrected chi connectivity index (χ2v) is 6.29. The summed E-state index contributed by atoms with van der Waals surface area (Å²) in [4.78, 5) is 13.0. The van der Waals surface area contributed by atoms with E-state index in [0.29, 0.717) is 6.42 Å². The molecule has 1 aliphatic rings. The SMILES string of the molecule is NC1C=CC(C(=O)Cc2ccc(Br)s2)C1. The van der Waals surface area contributed by atoms with Gasteiger partial charge in [0.1, 0.15) is 5.78 Å². The van der Waals surface area contributed by atoms with Crippen molar-refractivity contribution in [1.29, 1.82) is 0 Å². The lowest BCUT2D eigenvalue weighted by atomic mass is 10.00. The molecule has 0 fully saturated rings. The molecular weight excluding hydrogens is 274 g/mol. The minimum Gasteiger partial charge on any atom is -0.324 e. The fourth-order valence-electron chi connectivity index (χ4n) is 1.72. The van der Waals surface area contributed by atoms with Gasteiger partial charge in [0.15, 0.2) is 0 Å². The minimum absolute atomic E-state index is 0.0286. The molecule has 2 unspecified atom stereocenters. The molecule has 1 aromatic heterocycles. The molecule has 0 radical (unpaired) electrons. The third-order valence-electron chi connectivity index (χ3n) is 2.51. The predicted octanol–water partition coefficient (Wildman–Crippen LogP) is 2.53. The standard InChI is InChI=1S/C11H12BrNOS/c12-11-4-3-9(15-11)6-10(14)7-1-2-8(13)5-7/h1-4,7-8H,5-6,13H2. The molecule has 2 atom stereocenters. The second-order valence-electron chi connectivity index (χ2n) is 3.74. The van der Waals surface area contributed by atoms with Gasteiger partial charge in [0.05, 0.1) is 3.79 Å². The van der Waals surface area contributed by atoms with Crippen molar-refractivity contribution in [3.8, 4) is 0 Å². The van der Waals surface area contributed by atoms with Crippen LogP contribution in [0.15, 0.2) is 28.1 Å². The summed E-state index contributed by atoms with van der Waals surface area (Å²) in [6.45, 7) is 0. The van der Waals surface area contributed by atoms with Crippen LogP contribution in [0.3, 0.4) is 0 Å². The molecule has 2 N–H and O–H groups in total. The second kappa shape index (κ2) is 4.60. The minimum atomic E-state index is 0.0286. The van der Waals surface area contributed by atoms with Crippen LogP contribution in [0.5, 0.6) is 0 Å². The van der Waals surface area contributed by atoms with Crippen LogP contribution in [0.4, 0.5) is 0 Å². The highest BCUT2D eigenvalue weighted by Gasteiger charge is 2.22. The van der Waals surface area contributed by atoms with Gasteiger partial charge in [0, 0.05) is 23.3 Å². The number of carbonyl (C=O) groups excluding carboxylic acids is 1. The summed E-state index contributed by atoms with van der Waals surface area (Å²) in [5, 5.41) is 0. The van der Waals surface area contributed by atoms with Crippen LogP contribution in [0, 0.1) is 5.92 Å². The van der Waals surface area contributed by atoms with Gasteiger partial charge in [-0.05, 0) is 34.5 Å². The van der Waals surface area contributed by atoms with Crippen molar-refractivity contribution in [2.24, 2.45) is 11.7 Å². The summed E-state index contributed by atoms with van der Waals surface area (Å²) in [5.74, 6) is 0.300. The topological polar surface area (TPSA) is 43.1 Å². The number of rotatable bonds is 3. The third-order valence-corrected chi connectivity index (χ3v) is 4.13. The Bertz CT molecular complexity index is 399. The maximum absolute atomic E-state index is 11.9. The van der Waals surface area contributed by atoms with Crippen LogP contribution in [0.1, 0.15) is 11.3 Å². The van der Waals surface area contributed by atoms with Crippen molar-refractivity contribution < 1.29 is 4.79 Å². The van der Waals surface area contributed by atoms with Gasteiger partial charge in [-0.2, -0.15) is 0 Å². The Morgan fingerprint density at radius 2 is 2.33 bits per heavy atom. The Labute approximate surface area is 101 Å². The Morgan fingerprint density at radius 1 is 1.53 bits per heavy atom. The van der Waals surface area contributed by atoms with Crippen LogP contribution in [0.25, 0.3) is 0 Å². The van der Waals surface area contributed by atoms with E-state index in [4.69, 9.17) is 5.73 Å². The number of ketones is 1. The Balaban J connectivity index is 1.96. The molecule has 15 heavy (non-hydrogen) atoms. The lowest BCUT2D eigenvalue weighted by molar-refractivity contribution is -0.120. The Morgan fingerprint density at radius 3 is 2.87 bits per heavy atom. The van der Waals surface area contributed by atoms with Gasteiger partial charge < -0.3 is 5.73 Å². The van der Waals surface area contributed by atoms with Gasteiger partial charge in [0.2, 0.25) is 0 Å². The molecule has 2 rings (SSSR count). The van der Waals surface area contributed by atoms with Crippen molar-refractivity contribution in [3.63, 3.8) is 0 Å². The molecule has 4 heteroatoms. The van der Waals surface area contributed by atoms with Gasteiger partial charge in [-0.25, -0.2) is 0 Å². The van der Waals surface area contributed by atoms with E-state index in [1.54, 1.807) is 11.3 Å². The first-order valence-corrected chi connectivity index (χ1v) is 6.47. The summed E-state index contributed by atoms with van der Waals surface area (Å²) in [7, 11) is 0. The van der Waals surface area contributed by atoms with Crippen LogP contribution < -0.4 is 5.73 Å². The molecule has 2 nitrogen and oxygen atoms in total.